The van der Waals surface area contributed by atoms with Crippen molar-refractivity contribution >= 4 is 0 Å². The van der Waals surface area contributed by atoms with Gasteiger partial charge in [-0.2, -0.15) is 4.57 Å². The van der Waals surface area contributed by atoms with E-state index in [2.05, 4.69) is 95.6 Å². The Hall–Kier alpha value is -2.41. The molecular weight excluding hydrogens is 302 g/mol. The molecule has 3 aromatic rings. The molecule has 25 heavy (non-hydrogen) atoms. The van der Waals surface area contributed by atoms with Crippen molar-refractivity contribution in [3.8, 4) is 22.5 Å². The minimum atomic E-state index is 1.30. The average Bonchev–Trinajstić information content (AvgIpc) is 2.51. The van der Waals surface area contributed by atoms with E-state index in [-0.39, 0.29) is 0 Å². The molecule has 3 rings (SSSR count). The average molecular weight is 330 g/mol. The number of hydrogen-bond acceptors (Lipinski definition) is 0. The number of aromatic nitrogens is 1. The molecule has 0 unspecified atom stereocenters. The van der Waals surface area contributed by atoms with E-state index in [0.717, 1.165) is 0 Å². The molecule has 0 aliphatic rings. The van der Waals surface area contributed by atoms with Crippen molar-refractivity contribution in [2.24, 2.45) is 7.05 Å². The van der Waals surface area contributed by atoms with Crippen LogP contribution >= 0.6 is 0 Å². The molecule has 0 radical (unpaired) electrons. The third kappa shape index (κ3) is 3.11. The lowest BCUT2D eigenvalue weighted by Crippen LogP contribution is -2.36. The summed E-state index contributed by atoms with van der Waals surface area (Å²) in [5.74, 6) is 0. The molecule has 128 valence electrons. The maximum Gasteiger partial charge on any atom is 0.215 e. The Balaban J connectivity index is 2.32. The lowest BCUT2D eigenvalue weighted by molar-refractivity contribution is -0.649. The zero-order valence-corrected chi connectivity index (χ0v) is 16.5. The molecule has 0 amide bonds. The van der Waals surface area contributed by atoms with Gasteiger partial charge in [0.2, 0.25) is 11.4 Å². The summed E-state index contributed by atoms with van der Waals surface area (Å²) >= 11 is 0. The van der Waals surface area contributed by atoms with E-state index in [0.29, 0.717) is 0 Å². The zero-order valence-electron chi connectivity index (χ0n) is 16.5. The second-order valence-electron chi connectivity index (χ2n) is 7.40. The number of hydrogen-bond donors (Lipinski definition) is 0. The fourth-order valence-electron chi connectivity index (χ4n) is 4.05. The maximum atomic E-state index is 2.38. The predicted octanol–water partition coefficient (Wildman–Crippen LogP) is 5.70. The first-order chi connectivity index (χ1) is 11.8. The predicted molar refractivity (Wildman–Crippen MR) is 107 cm³/mol. The SMILES string of the molecule is Cc1ccc(-c2c(C)cc(C)c(-c3ccc(C)cc3C)[n+]2C)c(C)c1. The number of benzene rings is 2. The Morgan fingerprint density at radius 2 is 0.920 bits per heavy atom. The molecule has 1 heterocycles. The molecule has 1 nitrogen and oxygen atoms in total. The summed E-state index contributed by atoms with van der Waals surface area (Å²) in [4.78, 5) is 0. The first-order valence-electron chi connectivity index (χ1n) is 8.95. The standard InChI is InChI=1S/C24H28N/c1-15-8-10-21(17(3)12-15)23-19(5)14-20(6)24(25(23)7)22-11-9-16(2)13-18(22)4/h8-14H,1-7H3/q+1. The lowest BCUT2D eigenvalue weighted by atomic mass is 9.94. The van der Waals surface area contributed by atoms with Crippen LogP contribution in [0, 0.1) is 41.5 Å². The van der Waals surface area contributed by atoms with Gasteiger partial charge in [0.25, 0.3) is 0 Å². The fraction of sp³-hybridized carbons (Fsp3) is 0.292. The fourth-order valence-corrected chi connectivity index (χ4v) is 4.05. The summed E-state index contributed by atoms with van der Waals surface area (Å²) in [6, 6.07) is 15.8. The highest BCUT2D eigenvalue weighted by Crippen LogP contribution is 2.30. The van der Waals surface area contributed by atoms with Crippen LogP contribution in [0.1, 0.15) is 33.4 Å². The number of rotatable bonds is 2. The molecule has 0 atom stereocenters. The normalized spacial score (nSPS) is 11.0. The summed E-state index contributed by atoms with van der Waals surface area (Å²) in [7, 11) is 2.20. The van der Waals surface area contributed by atoms with Crippen LogP contribution in [-0.4, -0.2) is 0 Å². The molecule has 2 aromatic carbocycles. The smallest absolute Gasteiger partial charge is 0.194 e. The van der Waals surface area contributed by atoms with Gasteiger partial charge in [-0.3, -0.25) is 0 Å². The van der Waals surface area contributed by atoms with Crippen LogP contribution in [0.25, 0.3) is 22.5 Å². The minimum Gasteiger partial charge on any atom is -0.194 e. The van der Waals surface area contributed by atoms with Gasteiger partial charge in [-0.1, -0.05) is 35.4 Å². The summed E-state index contributed by atoms with van der Waals surface area (Å²) in [6.07, 6.45) is 0. The van der Waals surface area contributed by atoms with E-state index in [4.69, 9.17) is 0 Å². The molecule has 0 spiro atoms. The lowest BCUT2D eigenvalue weighted by Gasteiger charge is -2.14. The van der Waals surface area contributed by atoms with Gasteiger partial charge in [-0.25, -0.2) is 0 Å². The van der Waals surface area contributed by atoms with Gasteiger partial charge >= 0.3 is 0 Å². The quantitative estimate of drug-likeness (QED) is 0.531. The van der Waals surface area contributed by atoms with E-state index in [9.17, 15) is 0 Å². The maximum absolute atomic E-state index is 2.38. The Morgan fingerprint density at radius 3 is 1.28 bits per heavy atom. The molecule has 0 N–H and O–H groups in total. The molecule has 0 bridgehead atoms. The third-order valence-electron chi connectivity index (χ3n) is 5.12. The van der Waals surface area contributed by atoms with Crippen LogP contribution in [0.15, 0.2) is 42.5 Å². The number of pyridine rings is 1. The molecule has 0 aliphatic carbocycles. The molecule has 0 fully saturated rings. The highest BCUT2D eigenvalue weighted by atomic mass is 15.0. The number of aryl methyl sites for hydroxylation is 6. The summed E-state index contributed by atoms with van der Waals surface area (Å²) in [5.41, 5.74) is 13.2. The second-order valence-corrected chi connectivity index (χ2v) is 7.40. The van der Waals surface area contributed by atoms with Crippen molar-refractivity contribution in [1.29, 1.82) is 0 Å². The highest BCUT2D eigenvalue weighted by Gasteiger charge is 2.24. The van der Waals surface area contributed by atoms with Crippen LogP contribution in [0.2, 0.25) is 0 Å². The monoisotopic (exact) mass is 330 g/mol. The van der Waals surface area contributed by atoms with Crippen molar-refractivity contribution in [2.45, 2.75) is 41.5 Å². The zero-order chi connectivity index (χ0) is 18.3. The first kappa shape index (κ1) is 17.4. The topological polar surface area (TPSA) is 3.88 Å². The molecule has 0 saturated carbocycles. The summed E-state index contributed by atoms with van der Waals surface area (Å²) < 4.78 is 2.38. The molecule has 1 aromatic heterocycles. The van der Waals surface area contributed by atoms with Gasteiger partial charge in [0.05, 0.1) is 0 Å². The molecule has 0 saturated heterocycles. The Bertz CT molecular complexity index is 889. The van der Waals surface area contributed by atoms with E-state index in [1.807, 2.05) is 0 Å². The molecule has 0 aliphatic heterocycles. The van der Waals surface area contributed by atoms with Crippen molar-refractivity contribution in [3.63, 3.8) is 0 Å². The summed E-state index contributed by atoms with van der Waals surface area (Å²) in [5, 5.41) is 0. The van der Waals surface area contributed by atoms with Crippen LogP contribution in [0.5, 0.6) is 0 Å². The van der Waals surface area contributed by atoms with Gasteiger partial charge in [0.15, 0.2) is 0 Å². The van der Waals surface area contributed by atoms with Crippen LogP contribution in [0.3, 0.4) is 0 Å². The second kappa shape index (κ2) is 6.48. The Labute approximate surface area is 152 Å². The van der Waals surface area contributed by atoms with Crippen LogP contribution in [-0.2, 0) is 7.05 Å². The largest absolute Gasteiger partial charge is 0.215 e. The van der Waals surface area contributed by atoms with E-state index < -0.39 is 0 Å². The van der Waals surface area contributed by atoms with E-state index in [1.54, 1.807) is 0 Å². The van der Waals surface area contributed by atoms with E-state index >= 15 is 0 Å². The van der Waals surface area contributed by atoms with Gasteiger partial charge in [-0.05, 0) is 70.9 Å². The van der Waals surface area contributed by atoms with Crippen LogP contribution < -0.4 is 4.57 Å². The van der Waals surface area contributed by atoms with Crippen molar-refractivity contribution < 1.29 is 4.57 Å². The molecule has 1 heteroatoms. The Morgan fingerprint density at radius 1 is 0.520 bits per heavy atom. The van der Waals surface area contributed by atoms with Crippen molar-refractivity contribution in [1.82, 2.24) is 0 Å². The van der Waals surface area contributed by atoms with Gasteiger partial charge in [0.1, 0.15) is 7.05 Å². The number of nitrogens with zero attached hydrogens (tertiary/aromatic N) is 1. The third-order valence-corrected chi connectivity index (χ3v) is 5.12. The first-order valence-corrected chi connectivity index (χ1v) is 8.95. The van der Waals surface area contributed by atoms with Gasteiger partial charge in [0, 0.05) is 22.3 Å². The van der Waals surface area contributed by atoms with Gasteiger partial charge in [-0.15, -0.1) is 0 Å². The Kier molecular flexibility index (Phi) is 4.51. The molecular formula is C24H28N+. The minimum absolute atomic E-state index is 1.30. The van der Waals surface area contributed by atoms with Gasteiger partial charge < -0.3 is 0 Å². The van der Waals surface area contributed by atoms with Crippen molar-refractivity contribution in [3.05, 3.63) is 75.8 Å². The van der Waals surface area contributed by atoms with Crippen LogP contribution in [0.4, 0.5) is 0 Å². The summed E-state index contributed by atoms with van der Waals surface area (Å²) in [6.45, 7) is 13.2. The van der Waals surface area contributed by atoms with E-state index in [1.165, 1.54) is 55.9 Å². The highest BCUT2D eigenvalue weighted by molar-refractivity contribution is 5.70. The van der Waals surface area contributed by atoms with Crippen molar-refractivity contribution in [2.75, 3.05) is 0 Å².